The molecule has 1 aromatic rings. The summed E-state index contributed by atoms with van der Waals surface area (Å²) in [6.07, 6.45) is 6.14. The summed E-state index contributed by atoms with van der Waals surface area (Å²) >= 11 is 0. The highest BCUT2D eigenvalue weighted by molar-refractivity contribution is 5.76. The Morgan fingerprint density at radius 1 is 1.56 bits per heavy atom. The van der Waals surface area contributed by atoms with Crippen LogP contribution in [-0.4, -0.2) is 22.6 Å². The third-order valence-corrected chi connectivity index (χ3v) is 3.28. The topological polar surface area (TPSA) is 62.2 Å². The molecule has 0 atom stereocenters. The molecule has 1 heterocycles. The maximum absolute atomic E-state index is 11.1. The molecule has 0 radical (unpaired) electrons. The molecule has 2 N–H and O–H groups in total. The molecule has 1 aliphatic carbocycles. The Kier molecular flexibility index (Phi) is 3.19. The summed E-state index contributed by atoms with van der Waals surface area (Å²) in [5.74, 6) is -0.669. The molecule has 4 heteroatoms. The van der Waals surface area contributed by atoms with Crippen LogP contribution in [0.15, 0.2) is 24.5 Å². The fourth-order valence-corrected chi connectivity index (χ4v) is 2.02. The lowest BCUT2D eigenvalue weighted by Gasteiger charge is -2.37. The lowest BCUT2D eigenvalue weighted by atomic mass is 9.69. The van der Waals surface area contributed by atoms with Gasteiger partial charge >= 0.3 is 5.97 Å². The number of carboxylic acid groups (broad SMARTS) is 1. The predicted octanol–water partition coefficient (Wildman–Crippen LogP) is 1.43. The number of aliphatic carboxylic acids is 1. The summed E-state index contributed by atoms with van der Waals surface area (Å²) < 4.78 is 0. The van der Waals surface area contributed by atoms with Crippen molar-refractivity contribution in [3.8, 4) is 0 Å². The molecule has 0 spiro atoms. The molecule has 1 saturated carbocycles. The molecule has 1 aromatic heterocycles. The van der Waals surface area contributed by atoms with E-state index in [0.717, 1.165) is 24.8 Å². The SMILES string of the molecule is O=C(O)C1(CNCc2cccnc2)CCC1. The van der Waals surface area contributed by atoms with Crippen LogP contribution in [0, 0.1) is 5.41 Å². The lowest BCUT2D eigenvalue weighted by Crippen LogP contribution is -2.45. The van der Waals surface area contributed by atoms with E-state index in [2.05, 4.69) is 10.3 Å². The second-order valence-electron chi connectivity index (χ2n) is 4.40. The predicted molar refractivity (Wildman–Crippen MR) is 59.9 cm³/mol. The molecular formula is C12H16N2O2. The van der Waals surface area contributed by atoms with Gasteiger partial charge in [-0.05, 0) is 24.5 Å². The Morgan fingerprint density at radius 2 is 2.38 bits per heavy atom. The Morgan fingerprint density at radius 3 is 2.88 bits per heavy atom. The van der Waals surface area contributed by atoms with Gasteiger partial charge in [-0.15, -0.1) is 0 Å². The number of hydrogen-bond acceptors (Lipinski definition) is 3. The highest BCUT2D eigenvalue weighted by Gasteiger charge is 2.43. The van der Waals surface area contributed by atoms with E-state index in [1.54, 1.807) is 12.4 Å². The van der Waals surface area contributed by atoms with Crippen molar-refractivity contribution in [2.45, 2.75) is 25.8 Å². The van der Waals surface area contributed by atoms with Gasteiger partial charge in [0.2, 0.25) is 0 Å². The van der Waals surface area contributed by atoms with Gasteiger partial charge in [-0.1, -0.05) is 12.5 Å². The molecule has 0 aliphatic heterocycles. The van der Waals surface area contributed by atoms with E-state index in [1.807, 2.05) is 12.1 Å². The van der Waals surface area contributed by atoms with Crippen LogP contribution in [0.2, 0.25) is 0 Å². The van der Waals surface area contributed by atoms with E-state index < -0.39 is 11.4 Å². The van der Waals surface area contributed by atoms with Crippen LogP contribution in [0.25, 0.3) is 0 Å². The molecule has 0 saturated heterocycles. The normalized spacial score (nSPS) is 17.8. The van der Waals surface area contributed by atoms with Gasteiger partial charge in [0, 0.05) is 25.5 Å². The summed E-state index contributed by atoms with van der Waals surface area (Å²) in [6, 6.07) is 3.86. The summed E-state index contributed by atoms with van der Waals surface area (Å²) in [4.78, 5) is 15.1. The first-order valence-corrected chi connectivity index (χ1v) is 5.56. The minimum atomic E-state index is -0.669. The Labute approximate surface area is 94.7 Å². The lowest BCUT2D eigenvalue weighted by molar-refractivity contribution is -0.154. The van der Waals surface area contributed by atoms with Crippen molar-refractivity contribution in [1.82, 2.24) is 10.3 Å². The van der Waals surface area contributed by atoms with E-state index >= 15 is 0 Å². The Hall–Kier alpha value is -1.42. The maximum atomic E-state index is 11.1. The summed E-state index contributed by atoms with van der Waals surface area (Å²) in [5.41, 5.74) is 0.574. The fraction of sp³-hybridized carbons (Fsp3) is 0.500. The minimum absolute atomic E-state index is 0.512. The van der Waals surface area contributed by atoms with Gasteiger partial charge in [-0.3, -0.25) is 9.78 Å². The van der Waals surface area contributed by atoms with Crippen LogP contribution in [0.5, 0.6) is 0 Å². The maximum Gasteiger partial charge on any atom is 0.310 e. The summed E-state index contributed by atoms with van der Waals surface area (Å²) in [7, 11) is 0. The molecular weight excluding hydrogens is 204 g/mol. The fourth-order valence-electron chi connectivity index (χ4n) is 2.02. The van der Waals surface area contributed by atoms with Gasteiger partial charge in [0.05, 0.1) is 5.41 Å². The Balaban J connectivity index is 1.82. The van der Waals surface area contributed by atoms with Crippen molar-refractivity contribution < 1.29 is 9.90 Å². The van der Waals surface area contributed by atoms with E-state index in [-0.39, 0.29) is 0 Å². The van der Waals surface area contributed by atoms with Crippen molar-refractivity contribution in [3.05, 3.63) is 30.1 Å². The zero-order chi connectivity index (χ0) is 11.4. The smallest absolute Gasteiger partial charge is 0.310 e. The number of nitrogens with zero attached hydrogens (tertiary/aromatic N) is 1. The first-order valence-electron chi connectivity index (χ1n) is 5.56. The second kappa shape index (κ2) is 4.61. The summed E-state index contributed by atoms with van der Waals surface area (Å²) in [6.45, 7) is 1.24. The number of carbonyl (C=O) groups is 1. The average molecular weight is 220 g/mol. The van der Waals surface area contributed by atoms with Gasteiger partial charge in [0.15, 0.2) is 0 Å². The number of aromatic nitrogens is 1. The van der Waals surface area contributed by atoms with Gasteiger partial charge in [0.25, 0.3) is 0 Å². The van der Waals surface area contributed by atoms with Crippen molar-refractivity contribution in [2.24, 2.45) is 5.41 Å². The molecule has 0 unspecified atom stereocenters. The largest absolute Gasteiger partial charge is 0.481 e. The zero-order valence-corrected chi connectivity index (χ0v) is 9.15. The van der Waals surface area contributed by atoms with Gasteiger partial charge < -0.3 is 10.4 Å². The third kappa shape index (κ3) is 2.22. The number of pyridine rings is 1. The minimum Gasteiger partial charge on any atom is -0.481 e. The highest BCUT2D eigenvalue weighted by Crippen LogP contribution is 2.40. The van der Waals surface area contributed by atoms with Crippen LogP contribution in [-0.2, 0) is 11.3 Å². The van der Waals surface area contributed by atoms with E-state index in [0.29, 0.717) is 13.1 Å². The van der Waals surface area contributed by atoms with Gasteiger partial charge in [0.1, 0.15) is 0 Å². The molecule has 2 rings (SSSR count). The van der Waals surface area contributed by atoms with Crippen LogP contribution in [0.1, 0.15) is 24.8 Å². The number of rotatable bonds is 5. The zero-order valence-electron chi connectivity index (χ0n) is 9.15. The van der Waals surface area contributed by atoms with E-state index in [4.69, 9.17) is 5.11 Å². The molecule has 0 amide bonds. The van der Waals surface area contributed by atoms with Crippen LogP contribution < -0.4 is 5.32 Å². The quantitative estimate of drug-likeness (QED) is 0.788. The number of hydrogen-bond donors (Lipinski definition) is 2. The van der Waals surface area contributed by atoms with E-state index in [1.165, 1.54) is 0 Å². The monoisotopic (exact) mass is 220 g/mol. The van der Waals surface area contributed by atoms with E-state index in [9.17, 15) is 4.79 Å². The first-order chi connectivity index (χ1) is 7.73. The van der Waals surface area contributed by atoms with Crippen LogP contribution in [0.3, 0.4) is 0 Å². The van der Waals surface area contributed by atoms with Crippen molar-refractivity contribution in [1.29, 1.82) is 0 Å². The standard InChI is InChI=1S/C12H16N2O2/c15-11(16)12(4-2-5-12)9-14-8-10-3-1-6-13-7-10/h1,3,6-7,14H,2,4-5,8-9H2,(H,15,16). The van der Waals surface area contributed by atoms with Gasteiger partial charge in [-0.25, -0.2) is 0 Å². The molecule has 0 bridgehead atoms. The first kappa shape index (κ1) is 11.1. The van der Waals surface area contributed by atoms with Crippen LogP contribution in [0.4, 0.5) is 0 Å². The number of carboxylic acids is 1. The molecule has 4 nitrogen and oxygen atoms in total. The van der Waals surface area contributed by atoms with Crippen LogP contribution >= 0.6 is 0 Å². The van der Waals surface area contributed by atoms with Crippen molar-refractivity contribution in [3.63, 3.8) is 0 Å². The Bertz CT molecular complexity index is 361. The molecule has 86 valence electrons. The molecule has 1 fully saturated rings. The average Bonchev–Trinajstić information content (AvgIpc) is 2.23. The highest BCUT2D eigenvalue weighted by atomic mass is 16.4. The molecule has 0 aromatic carbocycles. The third-order valence-electron chi connectivity index (χ3n) is 3.28. The van der Waals surface area contributed by atoms with Crippen molar-refractivity contribution in [2.75, 3.05) is 6.54 Å². The molecule has 16 heavy (non-hydrogen) atoms. The summed E-state index contributed by atoms with van der Waals surface area (Å²) in [5, 5.41) is 12.3. The molecule has 1 aliphatic rings. The van der Waals surface area contributed by atoms with Crippen molar-refractivity contribution >= 4 is 5.97 Å². The van der Waals surface area contributed by atoms with Gasteiger partial charge in [-0.2, -0.15) is 0 Å². The number of nitrogens with one attached hydrogen (secondary N) is 1. The second-order valence-corrected chi connectivity index (χ2v) is 4.40.